The van der Waals surface area contributed by atoms with Crippen LogP contribution in [0, 0.1) is 5.92 Å². The Morgan fingerprint density at radius 2 is 2.10 bits per heavy atom. The molecule has 1 aromatic heterocycles. The Balaban J connectivity index is 2.05. The minimum Gasteiger partial charge on any atom is -0.464 e. The fourth-order valence-corrected chi connectivity index (χ4v) is 2.94. The molecule has 1 aliphatic rings. The number of rotatable bonds is 5. The summed E-state index contributed by atoms with van der Waals surface area (Å²) in [6.45, 7) is 5.18. The van der Waals surface area contributed by atoms with Gasteiger partial charge in [-0.15, -0.1) is 0 Å². The first-order chi connectivity index (χ1) is 10.1. The monoisotopic (exact) mass is 294 g/mol. The van der Waals surface area contributed by atoms with Crippen molar-refractivity contribution in [2.24, 2.45) is 5.92 Å². The summed E-state index contributed by atoms with van der Waals surface area (Å²) in [5.74, 6) is 1.57. The Morgan fingerprint density at radius 3 is 2.67 bits per heavy atom. The molecule has 2 heterocycles. The van der Waals surface area contributed by atoms with Gasteiger partial charge in [0.1, 0.15) is 11.6 Å². The van der Waals surface area contributed by atoms with Gasteiger partial charge in [-0.2, -0.15) is 0 Å². The quantitative estimate of drug-likeness (QED) is 0.834. The number of carbonyl (C=O) groups excluding carboxylic acids is 1. The molecule has 0 bridgehead atoms. The van der Waals surface area contributed by atoms with Gasteiger partial charge in [0.2, 0.25) is 0 Å². The lowest BCUT2D eigenvalue weighted by Gasteiger charge is -2.29. The molecule has 6 heteroatoms. The summed E-state index contributed by atoms with van der Waals surface area (Å²) in [6, 6.07) is 0. The predicted molar refractivity (Wildman–Crippen MR) is 82.2 cm³/mol. The molecule has 2 N–H and O–H groups in total. The van der Waals surface area contributed by atoms with E-state index in [-0.39, 0.29) is 5.69 Å². The van der Waals surface area contributed by atoms with Gasteiger partial charge in [0.15, 0.2) is 5.69 Å². The zero-order chi connectivity index (χ0) is 15.4. The van der Waals surface area contributed by atoms with E-state index in [9.17, 15) is 4.79 Å². The maximum Gasteiger partial charge on any atom is 0.360 e. The molecular formula is C15H26N4O2. The van der Waals surface area contributed by atoms with Crippen LogP contribution in [0.1, 0.15) is 42.5 Å². The van der Waals surface area contributed by atoms with Crippen LogP contribution in [-0.4, -0.2) is 47.7 Å². The van der Waals surface area contributed by atoms with Gasteiger partial charge in [0.25, 0.3) is 0 Å². The van der Waals surface area contributed by atoms with Crippen LogP contribution >= 0.6 is 0 Å². The Kier molecular flexibility index (Phi) is 5.22. The third-order valence-electron chi connectivity index (χ3n) is 4.38. The van der Waals surface area contributed by atoms with Crippen LogP contribution in [0.3, 0.4) is 0 Å². The van der Waals surface area contributed by atoms with Crippen LogP contribution in [0.5, 0.6) is 0 Å². The molecular weight excluding hydrogens is 268 g/mol. The molecule has 0 atom stereocenters. The van der Waals surface area contributed by atoms with Crippen molar-refractivity contribution in [3.63, 3.8) is 0 Å². The summed E-state index contributed by atoms with van der Waals surface area (Å²) >= 11 is 0. The van der Waals surface area contributed by atoms with Crippen molar-refractivity contribution >= 4 is 11.8 Å². The largest absolute Gasteiger partial charge is 0.464 e. The van der Waals surface area contributed by atoms with E-state index in [1.54, 1.807) is 0 Å². The van der Waals surface area contributed by atoms with Gasteiger partial charge in [0, 0.05) is 13.0 Å². The van der Waals surface area contributed by atoms with Gasteiger partial charge in [-0.25, -0.2) is 9.78 Å². The average Bonchev–Trinajstić information content (AvgIpc) is 2.82. The standard InChI is InChI=1S/C15H26N4O2/c1-4-12-17-13(15(20)21-3)14(16)19(12)10-7-11-5-8-18(2)9-6-11/h11H,4-10,16H2,1-3H3. The number of methoxy groups -OCH3 is 1. The van der Waals surface area contributed by atoms with Crippen LogP contribution in [-0.2, 0) is 17.7 Å². The van der Waals surface area contributed by atoms with Crippen molar-refractivity contribution < 1.29 is 9.53 Å². The molecule has 0 spiro atoms. The molecule has 0 unspecified atom stereocenters. The zero-order valence-electron chi connectivity index (χ0n) is 13.3. The molecule has 6 nitrogen and oxygen atoms in total. The minimum atomic E-state index is -0.458. The second-order valence-electron chi connectivity index (χ2n) is 5.79. The Labute approximate surface area is 126 Å². The number of ether oxygens (including phenoxy) is 1. The third kappa shape index (κ3) is 3.56. The van der Waals surface area contributed by atoms with Crippen LogP contribution in [0.15, 0.2) is 0 Å². The van der Waals surface area contributed by atoms with E-state index < -0.39 is 5.97 Å². The highest BCUT2D eigenvalue weighted by atomic mass is 16.5. The number of anilines is 1. The van der Waals surface area contributed by atoms with Crippen LogP contribution in [0.4, 0.5) is 5.82 Å². The molecule has 0 aliphatic carbocycles. The number of aryl methyl sites for hydroxylation is 1. The lowest BCUT2D eigenvalue weighted by atomic mass is 9.94. The minimum absolute atomic E-state index is 0.248. The van der Waals surface area contributed by atoms with Gasteiger partial charge < -0.3 is 19.9 Å². The highest BCUT2D eigenvalue weighted by molar-refractivity contribution is 5.92. The summed E-state index contributed by atoms with van der Waals surface area (Å²) in [5, 5.41) is 0. The number of aromatic nitrogens is 2. The van der Waals surface area contributed by atoms with Crippen LogP contribution in [0.2, 0.25) is 0 Å². The van der Waals surface area contributed by atoms with Crippen molar-refractivity contribution in [1.29, 1.82) is 0 Å². The van der Waals surface area contributed by atoms with Gasteiger partial charge >= 0.3 is 5.97 Å². The summed E-state index contributed by atoms with van der Waals surface area (Å²) in [4.78, 5) is 18.4. The summed E-state index contributed by atoms with van der Waals surface area (Å²) in [6.07, 6.45) is 4.31. The number of hydrogen-bond donors (Lipinski definition) is 1. The molecule has 1 fully saturated rings. The fraction of sp³-hybridized carbons (Fsp3) is 0.733. The van der Waals surface area contributed by atoms with Crippen molar-refractivity contribution in [1.82, 2.24) is 14.5 Å². The smallest absolute Gasteiger partial charge is 0.360 e. The number of imidazole rings is 1. The first kappa shape index (κ1) is 15.8. The first-order valence-electron chi connectivity index (χ1n) is 7.68. The molecule has 0 radical (unpaired) electrons. The molecule has 21 heavy (non-hydrogen) atoms. The van der Waals surface area contributed by atoms with Gasteiger partial charge in [0.05, 0.1) is 7.11 Å². The molecule has 1 aromatic rings. The maximum absolute atomic E-state index is 11.7. The third-order valence-corrected chi connectivity index (χ3v) is 4.38. The van der Waals surface area contributed by atoms with E-state index >= 15 is 0 Å². The van der Waals surface area contributed by atoms with E-state index in [0.29, 0.717) is 5.82 Å². The van der Waals surface area contributed by atoms with E-state index in [2.05, 4.69) is 16.9 Å². The van der Waals surface area contributed by atoms with E-state index in [4.69, 9.17) is 10.5 Å². The summed E-state index contributed by atoms with van der Waals surface area (Å²) < 4.78 is 6.71. The van der Waals surface area contributed by atoms with Crippen molar-refractivity contribution in [3.8, 4) is 0 Å². The molecule has 1 saturated heterocycles. The number of likely N-dealkylation sites (tertiary alicyclic amines) is 1. The predicted octanol–water partition coefficient (Wildman–Crippen LogP) is 1.55. The second kappa shape index (κ2) is 6.93. The summed E-state index contributed by atoms with van der Waals surface area (Å²) in [5.41, 5.74) is 6.33. The second-order valence-corrected chi connectivity index (χ2v) is 5.79. The maximum atomic E-state index is 11.7. The average molecular weight is 294 g/mol. The topological polar surface area (TPSA) is 73.4 Å². The number of nitrogens with two attached hydrogens (primary N) is 1. The van der Waals surface area contributed by atoms with E-state index in [1.807, 2.05) is 11.5 Å². The van der Waals surface area contributed by atoms with Crippen molar-refractivity contribution in [2.75, 3.05) is 33.0 Å². The number of nitrogen functional groups attached to an aromatic ring is 1. The number of piperidine rings is 1. The number of nitrogens with zero attached hydrogens (tertiary/aromatic N) is 3. The van der Waals surface area contributed by atoms with Gasteiger partial charge in [-0.05, 0) is 45.3 Å². The zero-order valence-corrected chi connectivity index (χ0v) is 13.3. The Bertz CT molecular complexity index is 490. The first-order valence-corrected chi connectivity index (χ1v) is 7.68. The summed E-state index contributed by atoms with van der Waals surface area (Å²) in [7, 11) is 3.52. The number of esters is 1. The molecule has 0 amide bonds. The molecule has 2 rings (SSSR count). The number of hydrogen-bond acceptors (Lipinski definition) is 5. The lowest BCUT2D eigenvalue weighted by molar-refractivity contribution is 0.0595. The van der Waals surface area contributed by atoms with Crippen molar-refractivity contribution in [3.05, 3.63) is 11.5 Å². The van der Waals surface area contributed by atoms with Crippen molar-refractivity contribution in [2.45, 2.75) is 39.2 Å². The highest BCUT2D eigenvalue weighted by Gasteiger charge is 2.22. The fourth-order valence-electron chi connectivity index (χ4n) is 2.94. The van der Waals surface area contributed by atoms with Gasteiger partial charge in [-0.3, -0.25) is 0 Å². The highest BCUT2D eigenvalue weighted by Crippen LogP contribution is 2.23. The SMILES string of the molecule is CCc1nc(C(=O)OC)c(N)n1CCC1CCN(C)CC1. The Morgan fingerprint density at radius 1 is 1.43 bits per heavy atom. The van der Waals surface area contributed by atoms with Crippen LogP contribution < -0.4 is 5.73 Å². The Hall–Kier alpha value is -1.56. The molecule has 0 aromatic carbocycles. The molecule has 1 aliphatic heterocycles. The molecule has 118 valence electrons. The van der Waals surface area contributed by atoms with E-state index in [0.717, 1.165) is 44.2 Å². The normalized spacial score (nSPS) is 17.1. The molecule has 0 saturated carbocycles. The number of carbonyl (C=O) groups is 1. The van der Waals surface area contributed by atoms with E-state index in [1.165, 1.54) is 20.0 Å². The van der Waals surface area contributed by atoms with Crippen LogP contribution in [0.25, 0.3) is 0 Å². The lowest BCUT2D eigenvalue weighted by Crippen LogP contribution is -2.30. The van der Waals surface area contributed by atoms with Gasteiger partial charge in [-0.1, -0.05) is 6.92 Å².